The quantitative estimate of drug-likeness (QED) is 0.774. The van der Waals surface area contributed by atoms with E-state index in [2.05, 4.69) is 16.0 Å². The molecule has 1 aliphatic heterocycles. The average molecular weight is 333 g/mol. The van der Waals surface area contributed by atoms with Crippen molar-refractivity contribution in [2.75, 3.05) is 0 Å². The molecule has 2 aliphatic rings. The van der Waals surface area contributed by atoms with Crippen molar-refractivity contribution in [3.63, 3.8) is 0 Å². The van der Waals surface area contributed by atoms with E-state index in [1.165, 1.54) is 0 Å². The van der Waals surface area contributed by atoms with Crippen LogP contribution in [-0.4, -0.2) is 29.6 Å². The maximum Gasteiger partial charge on any atom is 0.315 e. The Labute approximate surface area is 142 Å². The average Bonchev–Trinajstić information content (AvgIpc) is 2.91. The van der Waals surface area contributed by atoms with Gasteiger partial charge in [0.1, 0.15) is 11.5 Å². The number of carbonyl (C=O) groups excluding carboxylic acids is 2. The number of piperidine rings is 1. The standard InChI is InChI=1S/C18H27N3O3/c1-12(4-6-14-7-5-13(2)24-14)19-17(23)20-15-8-9-16(22)21-18(15)10-3-11-18/h5,7,12,15H,3-4,6,8-11H2,1-2H3,(H,21,22)(H2,19,20,23)/t12-,15+/m1/s1. The molecule has 6 heteroatoms. The van der Waals surface area contributed by atoms with Crippen LogP contribution in [0.4, 0.5) is 4.79 Å². The molecule has 0 bridgehead atoms. The lowest BCUT2D eigenvalue weighted by Gasteiger charge is -2.50. The summed E-state index contributed by atoms with van der Waals surface area (Å²) in [4.78, 5) is 23.9. The molecular formula is C18H27N3O3. The van der Waals surface area contributed by atoms with Crippen LogP contribution in [-0.2, 0) is 11.2 Å². The molecule has 1 spiro atoms. The van der Waals surface area contributed by atoms with E-state index in [-0.39, 0.29) is 29.6 Å². The van der Waals surface area contributed by atoms with Crippen LogP contribution in [0.2, 0.25) is 0 Å². The molecule has 6 nitrogen and oxygen atoms in total. The van der Waals surface area contributed by atoms with Gasteiger partial charge in [-0.25, -0.2) is 4.79 Å². The third kappa shape index (κ3) is 3.74. The summed E-state index contributed by atoms with van der Waals surface area (Å²) in [5.74, 6) is 1.97. The fourth-order valence-electron chi connectivity index (χ4n) is 3.69. The van der Waals surface area contributed by atoms with E-state index in [1.807, 2.05) is 26.0 Å². The Morgan fingerprint density at radius 3 is 2.88 bits per heavy atom. The van der Waals surface area contributed by atoms with Gasteiger partial charge in [0.2, 0.25) is 5.91 Å². The number of furan rings is 1. The zero-order valence-electron chi connectivity index (χ0n) is 14.5. The van der Waals surface area contributed by atoms with Crippen molar-refractivity contribution in [3.05, 3.63) is 23.7 Å². The van der Waals surface area contributed by atoms with Gasteiger partial charge in [-0.3, -0.25) is 4.79 Å². The SMILES string of the molecule is Cc1ccc(CC[C@@H](C)NC(=O)N[C@H]2CCC(=O)NC23CCC3)o1. The maximum absolute atomic E-state index is 12.3. The molecule has 0 unspecified atom stereocenters. The summed E-state index contributed by atoms with van der Waals surface area (Å²) in [6.07, 6.45) is 5.86. The lowest BCUT2D eigenvalue weighted by molar-refractivity contribution is -0.127. The molecule has 132 valence electrons. The summed E-state index contributed by atoms with van der Waals surface area (Å²) >= 11 is 0. The van der Waals surface area contributed by atoms with Crippen LogP contribution in [0, 0.1) is 6.92 Å². The van der Waals surface area contributed by atoms with Gasteiger partial charge in [-0.2, -0.15) is 0 Å². The minimum Gasteiger partial charge on any atom is -0.466 e. The summed E-state index contributed by atoms with van der Waals surface area (Å²) in [7, 11) is 0. The number of carbonyl (C=O) groups is 2. The summed E-state index contributed by atoms with van der Waals surface area (Å²) in [6.45, 7) is 3.93. The Kier molecular flexibility index (Phi) is 4.83. The lowest BCUT2D eigenvalue weighted by atomic mass is 9.68. The molecule has 3 N–H and O–H groups in total. The van der Waals surface area contributed by atoms with E-state index >= 15 is 0 Å². The first kappa shape index (κ1) is 16.9. The van der Waals surface area contributed by atoms with Gasteiger partial charge in [0, 0.05) is 18.9 Å². The zero-order chi connectivity index (χ0) is 17.2. The smallest absolute Gasteiger partial charge is 0.315 e. The molecule has 1 aromatic heterocycles. The number of hydrogen-bond acceptors (Lipinski definition) is 3. The van der Waals surface area contributed by atoms with Crippen molar-refractivity contribution < 1.29 is 14.0 Å². The Morgan fingerprint density at radius 2 is 2.25 bits per heavy atom. The van der Waals surface area contributed by atoms with Crippen molar-refractivity contribution in [3.8, 4) is 0 Å². The molecule has 1 saturated carbocycles. The molecule has 1 aromatic rings. The Bertz CT molecular complexity index is 606. The minimum atomic E-state index is -0.207. The van der Waals surface area contributed by atoms with Gasteiger partial charge in [-0.05, 0) is 58.1 Å². The molecule has 0 radical (unpaired) electrons. The highest BCUT2D eigenvalue weighted by Crippen LogP contribution is 2.38. The minimum absolute atomic E-state index is 0.0314. The van der Waals surface area contributed by atoms with Gasteiger partial charge >= 0.3 is 6.03 Å². The van der Waals surface area contributed by atoms with Crippen molar-refractivity contribution in [1.29, 1.82) is 0 Å². The van der Waals surface area contributed by atoms with Gasteiger partial charge in [0.25, 0.3) is 0 Å². The van der Waals surface area contributed by atoms with Crippen molar-refractivity contribution in [1.82, 2.24) is 16.0 Å². The molecule has 24 heavy (non-hydrogen) atoms. The van der Waals surface area contributed by atoms with Gasteiger partial charge < -0.3 is 20.4 Å². The van der Waals surface area contributed by atoms with Crippen LogP contribution in [0.3, 0.4) is 0 Å². The first-order valence-electron chi connectivity index (χ1n) is 8.90. The third-order valence-electron chi connectivity index (χ3n) is 5.26. The molecule has 2 atom stereocenters. The van der Waals surface area contributed by atoms with E-state index in [0.29, 0.717) is 6.42 Å². The number of amides is 3. The van der Waals surface area contributed by atoms with E-state index in [9.17, 15) is 9.59 Å². The third-order valence-corrected chi connectivity index (χ3v) is 5.26. The van der Waals surface area contributed by atoms with Crippen molar-refractivity contribution >= 4 is 11.9 Å². The second-order valence-corrected chi connectivity index (χ2v) is 7.22. The fourth-order valence-corrected chi connectivity index (χ4v) is 3.69. The molecule has 1 saturated heterocycles. The van der Waals surface area contributed by atoms with Crippen LogP contribution in [0.5, 0.6) is 0 Å². The predicted molar refractivity (Wildman–Crippen MR) is 90.6 cm³/mol. The summed E-state index contributed by atoms with van der Waals surface area (Å²) in [5, 5.41) is 9.17. The van der Waals surface area contributed by atoms with Gasteiger partial charge in [0.05, 0.1) is 11.6 Å². The zero-order valence-corrected chi connectivity index (χ0v) is 14.5. The van der Waals surface area contributed by atoms with Crippen molar-refractivity contribution in [2.24, 2.45) is 0 Å². The number of aryl methyl sites for hydroxylation is 2. The van der Waals surface area contributed by atoms with E-state index in [1.54, 1.807) is 0 Å². The first-order valence-corrected chi connectivity index (χ1v) is 8.90. The summed E-state index contributed by atoms with van der Waals surface area (Å²) in [5.41, 5.74) is -0.207. The molecule has 0 aromatic carbocycles. The second kappa shape index (κ2) is 6.87. The fraction of sp³-hybridized carbons (Fsp3) is 0.667. The Hall–Kier alpha value is -1.98. The maximum atomic E-state index is 12.3. The second-order valence-electron chi connectivity index (χ2n) is 7.22. The van der Waals surface area contributed by atoms with E-state index in [4.69, 9.17) is 4.42 Å². The van der Waals surface area contributed by atoms with Gasteiger partial charge in [0.15, 0.2) is 0 Å². The molecule has 2 fully saturated rings. The van der Waals surface area contributed by atoms with E-state index < -0.39 is 0 Å². The number of hydrogen-bond donors (Lipinski definition) is 3. The van der Waals surface area contributed by atoms with Crippen LogP contribution in [0.25, 0.3) is 0 Å². The molecule has 3 amide bonds. The molecule has 2 heterocycles. The first-order chi connectivity index (χ1) is 11.5. The number of rotatable bonds is 5. The van der Waals surface area contributed by atoms with Crippen LogP contribution < -0.4 is 16.0 Å². The lowest BCUT2D eigenvalue weighted by Crippen LogP contribution is -2.69. The van der Waals surface area contributed by atoms with Crippen LogP contribution in [0.1, 0.15) is 57.0 Å². The highest BCUT2D eigenvalue weighted by Gasteiger charge is 2.48. The Morgan fingerprint density at radius 1 is 1.46 bits per heavy atom. The highest BCUT2D eigenvalue weighted by molar-refractivity contribution is 5.80. The van der Waals surface area contributed by atoms with Gasteiger partial charge in [-0.15, -0.1) is 0 Å². The van der Waals surface area contributed by atoms with Crippen LogP contribution >= 0.6 is 0 Å². The highest BCUT2D eigenvalue weighted by atomic mass is 16.3. The summed E-state index contributed by atoms with van der Waals surface area (Å²) in [6, 6.07) is 3.88. The van der Waals surface area contributed by atoms with E-state index in [0.717, 1.165) is 50.0 Å². The van der Waals surface area contributed by atoms with Gasteiger partial charge in [-0.1, -0.05) is 0 Å². The normalized spacial score (nSPS) is 23.2. The molecular weight excluding hydrogens is 306 g/mol. The largest absolute Gasteiger partial charge is 0.466 e. The predicted octanol–water partition coefficient (Wildman–Crippen LogP) is 2.41. The number of urea groups is 1. The topological polar surface area (TPSA) is 83.4 Å². The van der Waals surface area contributed by atoms with Crippen molar-refractivity contribution in [2.45, 2.75) is 76.4 Å². The molecule has 1 aliphatic carbocycles. The van der Waals surface area contributed by atoms with Crippen LogP contribution in [0.15, 0.2) is 16.5 Å². The Balaban J connectivity index is 1.45. The number of nitrogens with one attached hydrogen (secondary N) is 3. The monoisotopic (exact) mass is 333 g/mol. The summed E-state index contributed by atoms with van der Waals surface area (Å²) < 4.78 is 5.55. The molecule has 3 rings (SSSR count).